The maximum absolute atomic E-state index is 12.0. The second-order valence-corrected chi connectivity index (χ2v) is 6.30. The van der Waals surface area contributed by atoms with E-state index < -0.39 is 10.8 Å². The third-order valence-corrected chi connectivity index (χ3v) is 5.40. The van der Waals surface area contributed by atoms with Crippen molar-refractivity contribution in [1.29, 1.82) is 0 Å². The van der Waals surface area contributed by atoms with Gasteiger partial charge in [0.1, 0.15) is 0 Å². The molecule has 2 aliphatic rings. The fourth-order valence-electron chi connectivity index (χ4n) is 2.65. The quantitative estimate of drug-likeness (QED) is 0.668. The molecule has 0 radical (unpaired) electrons. The Balaban J connectivity index is 2.03. The Morgan fingerprint density at radius 1 is 1.00 bits per heavy atom. The summed E-state index contributed by atoms with van der Waals surface area (Å²) in [5, 5.41) is 4.04. The highest BCUT2D eigenvalue weighted by molar-refractivity contribution is 7.85. The second kappa shape index (κ2) is 5.26. The van der Waals surface area contributed by atoms with Crippen molar-refractivity contribution in [1.82, 2.24) is 5.32 Å². The topological polar surface area (TPSA) is 29.1 Å². The molecule has 0 spiro atoms. The maximum atomic E-state index is 12.0. The molecule has 1 saturated carbocycles. The van der Waals surface area contributed by atoms with Gasteiger partial charge >= 0.3 is 0 Å². The summed E-state index contributed by atoms with van der Waals surface area (Å²) in [6.07, 6.45) is 8.86. The summed E-state index contributed by atoms with van der Waals surface area (Å²) in [6.45, 7) is 1.08. The third kappa shape index (κ3) is 2.57. The lowest BCUT2D eigenvalue weighted by atomic mass is 9.96. The van der Waals surface area contributed by atoms with E-state index in [2.05, 4.69) is 5.32 Å². The van der Waals surface area contributed by atoms with Crippen molar-refractivity contribution in [2.24, 2.45) is 0 Å². The molecule has 2 nitrogen and oxygen atoms in total. The summed E-state index contributed by atoms with van der Waals surface area (Å²) in [5.41, 5.74) is 0. The van der Waals surface area contributed by atoms with Gasteiger partial charge in [-0.15, -0.1) is 0 Å². The van der Waals surface area contributed by atoms with Crippen molar-refractivity contribution >= 4 is 10.8 Å². The van der Waals surface area contributed by atoms with Crippen LogP contribution in [0, 0.1) is 0 Å². The van der Waals surface area contributed by atoms with Gasteiger partial charge in [0.05, 0.1) is 5.25 Å². The van der Waals surface area contributed by atoms with E-state index in [1.54, 1.807) is 0 Å². The first-order chi connectivity index (χ1) is 6.88. The number of hydrogen-bond acceptors (Lipinski definition) is 2. The van der Waals surface area contributed by atoms with Crippen molar-refractivity contribution in [2.75, 3.05) is 12.3 Å². The predicted octanol–water partition coefficient (Wildman–Crippen LogP) is 1.82. The van der Waals surface area contributed by atoms with Crippen molar-refractivity contribution in [3.8, 4) is 0 Å². The molecule has 2 rings (SSSR count). The van der Waals surface area contributed by atoms with Crippen LogP contribution in [0.5, 0.6) is 0 Å². The average Bonchev–Trinajstić information content (AvgIpc) is 2.28. The van der Waals surface area contributed by atoms with E-state index >= 15 is 0 Å². The molecule has 1 aliphatic carbocycles. The predicted molar refractivity (Wildman–Crippen MR) is 60.9 cm³/mol. The minimum atomic E-state index is -0.555. The van der Waals surface area contributed by atoms with Crippen LogP contribution in [-0.4, -0.2) is 27.8 Å². The normalized spacial score (nSPS) is 40.4. The number of nitrogens with one attached hydrogen (secondary N) is 1. The van der Waals surface area contributed by atoms with Gasteiger partial charge in [0, 0.05) is 22.6 Å². The van der Waals surface area contributed by atoms with Gasteiger partial charge in [-0.1, -0.05) is 25.7 Å². The third-order valence-electron chi connectivity index (χ3n) is 3.47. The molecule has 1 saturated heterocycles. The molecule has 3 atom stereocenters. The Bertz CT molecular complexity index is 207. The molecule has 82 valence electrons. The molecule has 0 aromatic rings. The first-order valence-electron chi connectivity index (χ1n) is 5.98. The van der Waals surface area contributed by atoms with Crippen molar-refractivity contribution in [3.63, 3.8) is 0 Å². The molecule has 0 bridgehead atoms. The van der Waals surface area contributed by atoms with Crippen molar-refractivity contribution < 1.29 is 4.21 Å². The smallest absolute Gasteiger partial charge is 0.0501 e. The molecular formula is C11H21NOS. The Hall–Kier alpha value is 0.110. The molecule has 0 aromatic carbocycles. The fourth-order valence-corrected chi connectivity index (χ4v) is 4.41. The van der Waals surface area contributed by atoms with Crippen LogP contribution in [0.3, 0.4) is 0 Å². The van der Waals surface area contributed by atoms with Crippen LogP contribution in [0.2, 0.25) is 0 Å². The van der Waals surface area contributed by atoms with Gasteiger partial charge < -0.3 is 5.32 Å². The van der Waals surface area contributed by atoms with Crippen LogP contribution in [0.15, 0.2) is 0 Å². The molecule has 0 aromatic heterocycles. The van der Waals surface area contributed by atoms with Gasteiger partial charge in [-0.25, -0.2) is 0 Å². The summed E-state index contributed by atoms with van der Waals surface area (Å²) in [4.78, 5) is 0. The van der Waals surface area contributed by atoms with E-state index in [0.29, 0.717) is 11.3 Å². The zero-order valence-electron chi connectivity index (χ0n) is 8.84. The lowest BCUT2D eigenvalue weighted by Crippen LogP contribution is -2.41. The molecule has 3 unspecified atom stereocenters. The average molecular weight is 215 g/mol. The Morgan fingerprint density at radius 3 is 2.64 bits per heavy atom. The largest absolute Gasteiger partial charge is 0.313 e. The molecule has 2 fully saturated rings. The fraction of sp³-hybridized carbons (Fsp3) is 1.00. The lowest BCUT2D eigenvalue weighted by molar-refractivity contribution is 0.402. The highest BCUT2D eigenvalue weighted by Gasteiger charge is 2.28. The maximum Gasteiger partial charge on any atom is 0.0501 e. The van der Waals surface area contributed by atoms with Crippen LogP contribution in [0.1, 0.15) is 44.9 Å². The van der Waals surface area contributed by atoms with Crippen LogP contribution in [0.4, 0.5) is 0 Å². The van der Waals surface area contributed by atoms with Gasteiger partial charge in [0.15, 0.2) is 0 Å². The van der Waals surface area contributed by atoms with Crippen LogP contribution >= 0.6 is 0 Å². The van der Waals surface area contributed by atoms with Crippen LogP contribution < -0.4 is 5.32 Å². The van der Waals surface area contributed by atoms with Crippen molar-refractivity contribution in [2.45, 2.75) is 56.2 Å². The second-order valence-electron chi connectivity index (χ2n) is 4.53. The van der Waals surface area contributed by atoms with E-state index in [1.165, 1.54) is 38.5 Å². The SMILES string of the molecule is O=S1CCCNC2CCCCCCC21. The van der Waals surface area contributed by atoms with Gasteiger partial charge in [-0.2, -0.15) is 0 Å². The Morgan fingerprint density at radius 2 is 1.79 bits per heavy atom. The van der Waals surface area contributed by atoms with E-state index in [0.717, 1.165) is 18.7 Å². The molecule has 3 heteroatoms. The Labute approximate surface area is 89.3 Å². The first-order valence-corrected chi connectivity index (χ1v) is 7.37. The first kappa shape index (κ1) is 10.6. The number of hydrogen-bond donors (Lipinski definition) is 1. The van der Waals surface area contributed by atoms with E-state index in [1.807, 2.05) is 0 Å². The molecule has 1 N–H and O–H groups in total. The molecule has 1 aliphatic heterocycles. The van der Waals surface area contributed by atoms with E-state index in [4.69, 9.17) is 0 Å². The van der Waals surface area contributed by atoms with Gasteiger partial charge in [-0.05, 0) is 25.8 Å². The summed E-state index contributed by atoms with van der Waals surface area (Å²) in [6, 6.07) is 0.554. The van der Waals surface area contributed by atoms with Gasteiger partial charge in [0.25, 0.3) is 0 Å². The summed E-state index contributed by atoms with van der Waals surface area (Å²) in [7, 11) is -0.555. The van der Waals surface area contributed by atoms with Gasteiger partial charge in [-0.3, -0.25) is 4.21 Å². The summed E-state index contributed by atoms with van der Waals surface area (Å²) in [5.74, 6) is 0.925. The highest BCUT2D eigenvalue weighted by Crippen LogP contribution is 2.23. The highest BCUT2D eigenvalue weighted by atomic mass is 32.2. The standard InChI is InChI=1S/C11H21NOS/c13-14-9-5-8-12-10-6-3-1-2-4-7-11(10)14/h10-12H,1-9H2. The van der Waals surface area contributed by atoms with Crippen LogP contribution in [-0.2, 0) is 10.8 Å². The molecular weight excluding hydrogens is 194 g/mol. The number of rotatable bonds is 0. The number of fused-ring (bicyclic) bond motifs is 1. The molecule has 1 heterocycles. The lowest BCUT2D eigenvalue weighted by Gasteiger charge is -2.27. The minimum absolute atomic E-state index is 0.456. The van der Waals surface area contributed by atoms with Crippen molar-refractivity contribution in [3.05, 3.63) is 0 Å². The zero-order chi connectivity index (χ0) is 9.80. The minimum Gasteiger partial charge on any atom is -0.313 e. The summed E-state index contributed by atoms with van der Waals surface area (Å²) >= 11 is 0. The monoisotopic (exact) mass is 215 g/mol. The van der Waals surface area contributed by atoms with Gasteiger partial charge in [0.2, 0.25) is 0 Å². The molecule has 0 amide bonds. The Kier molecular flexibility index (Phi) is 3.99. The summed E-state index contributed by atoms with van der Waals surface area (Å²) < 4.78 is 12.0. The zero-order valence-corrected chi connectivity index (χ0v) is 9.65. The van der Waals surface area contributed by atoms with Crippen LogP contribution in [0.25, 0.3) is 0 Å². The molecule has 14 heavy (non-hydrogen) atoms. The van der Waals surface area contributed by atoms with E-state index in [-0.39, 0.29) is 0 Å². The van der Waals surface area contributed by atoms with E-state index in [9.17, 15) is 4.21 Å².